The van der Waals surface area contributed by atoms with E-state index >= 15 is 0 Å². The zero-order valence-electron chi connectivity index (χ0n) is 9.95. The van der Waals surface area contributed by atoms with Gasteiger partial charge in [0.2, 0.25) is 0 Å². The molecule has 1 aliphatic heterocycles. The lowest BCUT2D eigenvalue weighted by atomic mass is 9.87. The summed E-state index contributed by atoms with van der Waals surface area (Å²) in [4.78, 5) is 1.75. The van der Waals surface area contributed by atoms with E-state index in [0.717, 1.165) is 5.56 Å². The maximum atomic E-state index is 12.9. The molecule has 0 unspecified atom stereocenters. The third-order valence-corrected chi connectivity index (χ3v) is 3.59. The fourth-order valence-corrected chi connectivity index (χ4v) is 2.38. The number of benzene rings is 1. The highest BCUT2D eigenvalue weighted by Crippen LogP contribution is 2.45. The van der Waals surface area contributed by atoms with Crippen LogP contribution in [0.1, 0.15) is 12.0 Å². The van der Waals surface area contributed by atoms with Crippen molar-refractivity contribution in [3.8, 4) is 0 Å². The summed E-state index contributed by atoms with van der Waals surface area (Å²) in [5.41, 5.74) is -0.949. The standard InChI is InChI=1S/C13H16F3NO/c14-13(15,16)12(10-18)6-7-17(9-12)8-11-4-2-1-3-5-11/h1-5,18H,6-10H2/t12-/m0/s1. The number of alkyl halides is 3. The zero-order valence-corrected chi connectivity index (χ0v) is 9.95. The average Bonchev–Trinajstić information content (AvgIpc) is 2.74. The SMILES string of the molecule is OC[C@]1(C(F)(F)F)CCN(Cc2ccccc2)C1. The molecule has 1 N–H and O–H groups in total. The van der Waals surface area contributed by atoms with Crippen molar-refractivity contribution in [3.63, 3.8) is 0 Å². The van der Waals surface area contributed by atoms with Gasteiger partial charge in [0.15, 0.2) is 0 Å². The van der Waals surface area contributed by atoms with E-state index in [1.165, 1.54) is 0 Å². The van der Waals surface area contributed by atoms with Crippen molar-refractivity contribution >= 4 is 0 Å². The van der Waals surface area contributed by atoms with Gasteiger partial charge in [0.25, 0.3) is 0 Å². The Hall–Kier alpha value is -1.07. The van der Waals surface area contributed by atoms with Crippen molar-refractivity contribution in [2.45, 2.75) is 19.1 Å². The van der Waals surface area contributed by atoms with E-state index in [0.29, 0.717) is 13.1 Å². The highest BCUT2D eigenvalue weighted by atomic mass is 19.4. The monoisotopic (exact) mass is 259 g/mol. The first-order valence-corrected chi connectivity index (χ1v) is 5.91. The topological polar surface area (TPSA) is 23.5 Å². The van der Waals surface area contributed by atoms with Crippen LogP contribution in [0.5, 0.6) is 0 Å². The van der Waals surface area contributed by atoms with E-state index in [-0.39, 0.29) is 13.0 Å². The second kappa shape index (κ2) is 4.90. The molecule has 1 atom stereocenters. The number of aliphatic hydroxyl groups excluding tert-OH is 1. The van der Waals surface area contributed by atoms with Crippen LogP contribution in [-0.4, -0.2) is 35.9 Å². The van der Waals surface area contributed by atoms with Gasteiger partial charge in [0.05, 0.1) is 6.61 Å². The highest BCUT2D eigenvalue weighted by molar-refractivity contribution is 5.15. The predicted octanol–water partition coefficient (Wildman–Crippen LogP) is 2.43. The van der Waals surface area contributed by atoms with Crippen molar-refractivity contribution in [2.75, 3.05) is 19.7 Å². The largest absolute Gasteiger partial charge is 0.397 e. The second-order valence-electron chi connectivity index (χ2n) is 4.88. The molecule has 18 heavy (non-hydrogen) atoms. The minimum Gasteiger partial charge on any atom is -0.395 e. The van der Waals surface area contributed by atoms with Gasteiger partial charge < -0.3 is 5.11 Å². The van der Waals surface area contributed by atoms with Crippen molar-refractivity contribution in [3.05, 3.63) is 35.9 Å². The molecule has 1 aromatic carbocycles. The number of aliphatic hydroxyl groups is 1. The van der Waals surface area contributed by atoms with Crippen LogP contribution >= 0.6 is 0 Å². The third-order valence-electron chi connectivity index (χ3n) is 3.59. The first kappa shape index (κ1) is 13.4. The Balaban J connectivity index is 2.04. The number of halogens is 3. The lowest BCUT2D eigenvalue weighted by Gasteiger charge is -2.29. The summed E-state index contributed by atoms with van der Waals surface area (Å²) in [6.07, 6.45) is -4.37. The summed E-state index contributed by atoms with van der Waals surface area (Å²) in [6, 6.07) is 9.41. The fraction of sp³-hybridized carbons (Fsp3) is 0.538. The van der Waals surface area contributed by atoms with Crippen LogP contribution in [0.25, 0.3) is 0 Å². The summed E-state index contributed by atoms with van der Waals surface area (Å²) >= 11 is 0. The molecule has 1 fully saturated rings. The Morgan fingerprint density at radius 3 is 2.39 bits per heavy atom. The van der Waals surface area contributed by atoms with Gasteiger partial charge in [0.1, 0.15) is 5.41 Å². The van der Waals surface area contributed by atoms with Crippen LogP contribution in [-0.2, 0) is 6.54 Å². The van der Waals surface area contributed by atoms with Crippen molar-refractivity contribution in [1.29, 1.82) is 0 Å². The summed E-state index contributed by atoms with van der Waals surface area (Å²) < 4.78 is 38.8. The summed E-state index contributed by atoms with van der Waals surface area (Å²) in [5, 5.41) is 9.09. The highest BCUT2D eigenvalue weighted by Gasteiger charge is 2.57. The Kier molecular flexibility index (Phi) is 3.64. The Morgan fingerprint density at radius 2 is 1.89 bits per heavy atom. The van der Waals surface area contributed by atoms with Crippen molar-refractivity contribution in [1.82, 2.24) is 4.90 Å². The smallest absolute Gasteiger partial charge is 0.395 e. The van der Waals surface area contributed by atoms with Crippen LogP contribution < -0.4 is 0 Å². The molecule has 2 nitrogen and oxygen atoms in total. The number of rotatable bonds is 3. The molecule has 1 heterocycles. The molecule has 1 saturated heterocycles. The summed E-state index contributed by atoms with van der Waals surface area (Å²) in [5.74, 6) is 0. The number of hydrogen-bond donors (Lipinski definition) is 1. The van der Waals surface area contributed by atoms with Gasteiger partial charge in [-0.3, -0.25) is 4.90 Å². The van der Waals surface area contributed by atoms with Gasteiger partial charge in [0, 0.05) is 13.1 Å². The molecule has 100 valence electrons. The van der Waals surface area contributed by atoms with Crippen molar-refractivity contribution < 1.29 is 18.3 Å². The molecule has 1 aliphatic rings. The van der Waals surface area contributed by atoms with Crippen molar-refractivity contribution in [2.24, 2.45) is 5.41 Å². The van der Waals surface area contributed by atoms with E-state index in [4.69, 9.17) is 5.11 Å². The average molecular weight is 259 g/mol. The van der Waals surface area contributed by atoms with Crippen LogP contribution in [0.15, 0.2) is 30.3 Å². The first-order chi connectivity index (χ1) is 8.47. The normalized spacial score (nSPS) is 25.6. The van der Waals surface area contributed by atoms with Gasteiger partial charge in [-0.25, -0.2) is 0 Å². The quantitative estimate of drug-likeness (QED) is 0.901. The maximum absolute atomic E-state index is 12.9. The van der Waals surface area contributed by atoms with Gasteiger partial charge >= 0.3 is 6.18 Å². The van der Waals surface area contributed by atoms with Crippen LogP contribution in [0.4, 0.5) is 13.2 Å². The Bertz CT molecular complexity index is 393. The van der Waals surface area contributed by atoms with Gasteiger partial charge in [-0.15, -0.1) is 0 Å². The number of hydrogen-bond acceptors (Lipinski definition) is 2. The minimum absolute atomic E-state index is 0.0279. The molecular weight excluding hydrogens is 243 g/mol. The maximum Gasteiger partial charge on any atom is 0.397 e. The molecule has 2 rings (SSSR count). The van der Waals surface area contributed by atoms with Gasteiger partial charge in [-0.2, -0.15) is 13.2 Å². The molecule has 0 radical (unpaired) electrons. The molecule has 0 amide bonds. The summed E-state index contributed by atoms with van der Waals surface area (Å²) in [6.45, 7) is -0.0860. The molecule has 1 aromatic rings. The third kappa shape index (κ3) is 2.52. The van der Waals surface area contributed by atoms with E-state index < -0.39 is 18.2 Å². The van der Waals surface area contributed by atoms with Gasteiger partial charge in [-0.1, -0.05) is 30.3 Å². The minimum atomic E-state index is -4.34. The van der Waals surface area contributed by atoms with Gasteiger partial charge in [-0.05, 0) is 18.5 Å². The molecule has 0 aromatic heterocycles. The fourth-order valence-electron chi connectivity index (χ4n) is 2.38. The lowest BCUT2D eigenvalue weighted by molar-refractivity contribution is -0.230. The first-order valence-electron chi connectivity index (χ1n) is 5.91. The molecule has 0 aliphatic carbocycles. The van der Waals surface area contributed by atoms with Crippen LogP contribution in [0, 0.1) is 5.41 Å². The molecule has 0 bridgehead atoms. The molecular formula is C13H16F3NO. The van der Waals surface area contributed by atoms with E-state index in [9.17, 15) is 13.2 Å². The van der Waals surface area contributed by atoms with Crippen LogP contribution in [0.3, 0.4) is 0 Å². The summed E-state index contributed by atoms with van der Waals surface area (Å²) in [7, 11) is 0. The predicted molar refractivity (Wildman–Crippen MR) is 61.9 cm³/mol. The molecule has 0 saturated carbocycles. The van der Waals surface area contributed by atoms with E-state index in [1.54, 1.807) is 4.90 Å². The molecule has 0 spiro atoms. The number of likely N-dealkylation sites (tertiary alicyclic amines) is 1. The second-order valence-corrected chi connectivity index (χ2v) is 4.88. The van der Waals surface area contributed by atoms with Crippen LogP contribution in [0.2, 0.25) is 0 Å². The Morgan fingerprint density at radius 1 is 1.22 bits per heavy atom. The number of nitrogens with zero attached hydrogens (tertiary/aromatic N) is 1. The molecule has 5 heteroatoms. The Labute approximate surface area is 104 Å². The zero-order chi connectivity index (χ0) is 13.2. The van der Waals surface area contributed by atoms with E-state index in [2.05, 4.69) is 0 Å². The lowest BCUT2D eigenvalue weighted by Crippen LogP contribution is -2.43. The van der Waals surface area contributed by atoms with E-state index in [1.807, 2.05) is 30.3 Å².